The highest BCUT2D eigenvalue weighted by molar-refractivity contribution is 5.87. The molecular formula is C34H56N2O10. The average molecular weight is 653 g/mol. The van der Waals surface area contributed by atoms with Crippen LogP contribution in [0.15, 0.2) is 24.3 Å². The molecule has 0 radical (unpaired) electrons. The van der Waals surface area contributed by atoms with Crippen molar-refractivity contribution in [3.63, 3.8) is 0 Å². The number of nitrogens with one attached hydrogen (secondary N) is 2. The van der Waals surface area contributed by atoms with Gasteiger partial charge < -0.3 is 39.1 Å². The molecule has 0 aromatic carbocycles. The van der Waals surface area contributed by atoms with Crippen LogP contribution < -0.4 is 10.6 Å². The van der Waals surface area contributed by atoms with Crippen molar-refractivity contribution in [1.82, 2.24) is 10.6 Å². The number of rotatable bonds is 21. The van der Waals surface area contributed by atoms with E-state index in [9.17, 15) is 19.2 Å². The van der Waals surface area contributed by atoms with Gasteiger partial charge in [0.1, 0.15) is 13.2 Å². The zero-order chi connectivity index (χ0) is 33.6. The molecule has 2 rings (SSSR count). The fourth-order valence-corrected chi connectivity index (χ4v) is 5.11. The Morgan fingerprint density at radius 1 is 0.587 bits per heavy atom. The summed E-state index contributed by atoms with van der Waals surface area (Å²) in [7, 11) is 0. The molecule has 0 aromatic heterocycles. The minimum Gasteiger partial charge on any atom is -0.453 e. The normalized spacial score (nSPS) is 16.8. The second-order valence-corrected chi connectivity index (χ2v) is 12.3. The maximum Gasteiger partial charge on any atom is 0.407 e. The number of unbranched alkanes of at least 4 members (excludes halogenated alkanes) is 3. The number of hydrogen-bond acceptors (Lipinski definition) is 10. The molecule has 2 aliphatic rings. The fraction of sp³-hybridized carbons (Fsp3) is 0.765. The molecule has 0 spiro atoms. The first kappa shape index (κ1) is 39.1. The Morgan fingerprint density at radius 3 is 1.30 bits per heavy atom. The van der Waals surface area contributed by atoms with Gasteiger partial charge in [0.05, 0.1) is 25.4 Å². The summed E-state index contributed by atoms with van der Waals surface area (Å²) in [6.07, 6.45) is 11.6. The standard InChI is InChI=1S/C34H56N2O10/c1-25(2)31(37)45-29(21-41-27-15-9-7-10-16-27)23-43-33(39)35-19-13-5-6-14-20-36-34(40)44-24-30(46-32(38)26(3)4)22-42-28-17-11-8-12-18-28/h27-30H,1,3,5-24H2,2,4H3,(H,35,39)(H,36,40). The van der Waals surface area contributed by atoms with Gasteiger partial charge in [-0.25, -0.2) is 19.2 Å². The first-order chi connectivity index (χ1) is 22.1. The molecule has 0 aliphatic heterocycles. The molecule has 0 aromatic rings. The minimum atomic E-state index is -0.705. The third-order valence-electron chi connectivity index (χ3n) is 7.83. The summed E-state index contributed by atoms with van der Waals surface area (Å²) in [4.78, 5) is 48.4. The molecule has 2 atom stereocenters. The van der Waals surface area contributed by atoms with Gasteiger partial charge in [-0.3, -0.25) is 0 Å². The van der Waals surface area contributed by atoms with Crippen molar-refractivity contribution >= 4 is 24.1 Å². The van der Waals surface area contributed by atoms with E-state index in [0.29, 0.717) is 13.1 Å². The molecule has 2 N–H and O–H groups in total. The molecule has 46 heavy (non-hydrogen) atoms. The van der Waals surface area contributed by atoms with E-state index in [1.54, 1.807) is 13.8 Å². The molecule has 0 heterocycles. The van der Waals surface area contributed by atoms with Gasteiger partial charge in [-0.05, 0) is 52.4 Å². The summed E-state index contributed by atoms with van der Waals surface area (Å²) in [5, 5.41) is 5.41. The maximum absolute atomic E-state index is 12.2. The smallest absolute Gasteiger partial charge is 0.407 e. The summed E-state index contributed by atoms with van der Waals surface area (Å²) >= 11 is 0. The van der Waals surface area contributed by atoms with Crippen molar-refractivity contribution in [3.8, 4) is 0 Å². The quantitative estimate of drug-likeness (QED) is 0.0687. The van der Waals surface area contributed by atoms with E-state index in [-0.39, 0.29) is 49.8 Å². The van der Waals surface area contributed by atoms with Crippen molar-refractivity contribution in [3.05, 3.63) is 24.3 Å². The predicted octanol–water partition coefficient (Wildman–Crippen LogP) is 5.67. The van der Waals surface area contributed by atoms with E-state index in [0.717, 1.165) is 77.0 Å². The van der Waals surface area contributed by atoms with Crippen LogP contribution in [0, 0.1) is 0 Å². The van der Waals surface area contributed by atoms with Gasteiger partial charge in [-0.15, -0.1) is 0 Å². The third-order valence-corrected chi connectivity index (χ3v) is 7.83. The van der Waals surface area contributed by atoms with Gasteiger partial charge in [0.25, 0.3) is 0 Å². The molecule has 2 unspecified atom stereocenters. The first-order valence-electron chi connectivity index (χ1n) is 16.9. The largest absolute Gasteiger partial charge is 0.453 e. The zero-order valence-corrected chi connectivity index (χ0v) is 27.9. The van der Waals surface area contributed by atoms with Crippen molar-refractivity contribution in [1.29, 1.82) is 0 Å². The van der Waals surface area contributed by atoms with E-state index >= 15 is 0 Å². The molecule has 2 saturated carbocycles. The van der Waals surface area contributed by atoms with Crippen LogP contribution in [0.2, 0.25) is 0 Å². The average Bonchev–Trinajstić information content (AvgIpc) is 3.05. The van der Waals surface area contributed by atoms with E-state index in [4.69, 9.17) is 28.4 Å². The minimum absolute atomic E-state index is 0.107. The number of ether oxygens (including phenoxy) is 6. The number of alkyl carbamates (subject to hydrolysis) is 2. The molecule has 0 bridgehead atoms. The highest BCUT2D eigenvalue weighted by atomic mass is 16.6. The molecule has 0 saturated heterocycles. The molecule has 2 amide bonds. The van der Waals surface area contributed by atoms with Crippen molar-refractivity contribution in [2.75, 3.05) is 39.5 Å². The summed E-state index contributed by atoms with van der Waals surface area (Å²) < 4.78 is 33.2. The lowest BCUT2D eigenvalue weighted by Crippen LogP contribution is -2.35. The second-order valence-electron chi connectivity index (χ2n) is 12.3. The number of hydrogen-bond donors (Lipinski definition) is 2. The summed E-state index contributed by atoms with van der Waals surface area (Å²) in [5.41, 5.74) is 0.536. The van der Waals surface area contributed by atoms with Gasteiger partial charge in [-0.1, -0.05) is 64.5 Å². The lowest BCUT2D eigenvalue weighted by atomic mass is 9.98. The predicted molar refractivity (Wildman–Crippen MR) is 172 cm³/mol. The fourth-order valence-electron chi connectivity index (χ4n) is 5.11. The van der Waals surface area contributed by atoms with Crippen LogP contribution in [0.3, 0.4) is 0 Å². The van der Waals surface area contributed by atoms with Crippen LogP contribution >= 0.6 is 0 Å². The lowest BCUT2D eigenvalue weighted by Gasteiger charge is -2.25. The van der Waals surface area contributed by atoms with Gasteiger partial charge in [-0.2, -0.15) is 0 Å². The van der Waals surface area contributed by atoms with E-state index < -0.39 is 36.3 Å². The van der Waals surface area contributed by atoms with Crippen LogP contribution in [-0.2, 0) is 38.0 Å². The van der Waals surface area contributed by atoms with Crippen molar-refractivity contribution in [2.45, 2.75) is 128 Å². The molecule has 12 heteroatoms. The van der Waals surface area contributed by atoms with Crippen LogP contribution in [-0.4, -0.2) is 88.1 Å². The second kappa shape index (κ2) is 23.2. The Morgan fingerprint density at radius 2 is 0.957 bits per heavy atom. The van der Waals surface area contributed by atoms with Gasteiger partial charge in [0.15, 0.2) is 12.2 Å². The van der Waals surface area contributed by atoms with Crippen LogP contribution in [0.25, 0.3) is 0 Å². The number of carbonyl (C=O) groups is 4. The topological polar surface area (TPSA) is 148 Å². The Kier molecular flexibility index (Phi) is 19.7. The summed E-state index contributed by atoms with van der Waals surface area (Å²) in [6.45, 7) is 11.3. The number of esters is 2. The highest BCUT2D eigenvalue weighted by Gasteiger charge is 2.23. The maximum atomic E-state index is 12.2. The van der Waals surface area contributed by atoms with Crippen molar-refractivity contribution < 1.29 is 47.6 Å². The van der Waals surface area contributed by atoms with Gasteiger partial charge in [0.2, 0.25) is 0 Å². The molecule has 2 fully saturated rings. The van der Waals surface area contributed by atoms with Crippen LogP contribution in [0.1, 0.15) is 104 Å². The Balaban J connectivity index is 1.55. The molecule has 2 aliphatic carbocycles. The number of carbonyl (C=O) groups excluding carboxylic acids is 4. The lowest BCUT2D eigenvalue weighted by molar-refractivity contribution is -0.152. The van der Waals surface area contributed by atoms with Crippen LogP contribution in [0.5, 0.6) is 0 Å². The monoisotopic (exact) mass is 652 g/mol. The van der Waals surface area contributed by atoms with E-state index in [1.807, 2.05) is 0 Å². The number of amides is 2. The van der Waals surface area contributed by atoms with Gasteiger partial charge in [0, 0.05) is 24.2 Å². The van der Waals surface area contributed by atoms with E-state index in [1.165, 1.54) is 12.8 Å². The van der Waals surface area contributed by atoms with Gasteiger partial charge >= 0.3 is 24.1 Å². The SMILES string of the molecule is C=C(C)C(=O)OC(COC(=O)NCCCCCCNC(=O)OCC(COC1CCCCC1)OC(=O)C(=C)C)COC1CCCCC1. The summed E-state index contributed by atoms with van der Waals surface area (Å²) in [5.74, 6) is -1.09. The molecule has 12 nitrogen and oxygen atoms in total. The van der Waals surface area contributed by atoms with Crippen LogP contribution in [0.4, 0.5) is 9.59 Å². The summed E-state index contributed by atoms with van der Waals surface area (Å²) in [6, 6.07) is 0. The molecular weight excluding hydrogens is 596 g/mol. The molecule has 262 valence electrons. The third kappa shape index (κ3) is 18.1. The zero-order valence-electron chi connectivity index (χ0n) is 27.9. The Labute approximate surface area is 274 Å². The first-order valence-corrected chi connectivity index (χ1v) is 16.9. The van der Waals surface area contributed by atoms with Crippen molar-refractivity contribution in [2.24, 2.45) is 0 Å². The highest BCUT2D eigenvalue weighted by Crippen LogP contribution is 2.21. The van der Waals surface area contributed by atoms with E-state index in [2.05, 4.69) is 23.8 Å². The Hall–Kier alpha value is -3.12. The Bertz CT molecular complexity index is 884.